The molecule has 0 heterocycles. The van der Waals surface area contributed by atoms with Crippen LogP contribution in [0.15, 0.2) is 0 Å². The quantitative estimate of drug-likeness (QED) is 0.767. The van der Waals surface area contributed by atoms with Gasteiger partial charge in [0.2, 0.25) is 0 Å². The molecule has 2 fully saturated rings. The van der Waals surface area contributed by atoms with Crippen LogP contribution in [0.3, 0.4) is 0 Å². The van der Waals surface area contributed by atoms with Crippen LogP contribution < -0.4 is 5.32 Å². The summed E-state index contributed by atoms with van der Waals surface area (Å²) in [6.07, 6.45) is 8.48. The lowest BCUT2D eigenvalue weighted by Crippen LogP contribution is -2.36. The van der Waals surface area contributed by atoms with E-state index in [9.17, 15) is 0 Å². The van der Waals surface area contributed by atoms with E-state index in [0.29, 0.717) is 6.04 Å². The van der Waals surface area contributed by atoms with Gasteiger partial charge in [0.15, 0.2) is 0 Å². The van der Waals surface area contributed by atoms with Crippen molar-refractivity contribution in [3.8, 4) is 6.07 Å². The molecule has 0 spiro atoms. The molecule has 15 heavy (non-hydrogen) atoms. The van der Waals surface area contributed by atoms with Gasteiger partial charge in [-0.1, -0.05) is 12.8 Å². The summed E-state index contributed by atoms with van der Waals surface area (Å²) in [4.78, 5) is 0. The second-order valence-electron chi connectivity index (χ2n) is 5.40. The van der Waals surface area contributed by atoms with Crippen molar-refractivity contribution in [2.75, 3.05) is 6.54 Å². The molecule has 0 bridgehead atoms. The van der Waals surface area contributed by atoms with E-state index >= 15 is 0 Å². The highest BCUT2D eigenvalue weighted by molar-refractivity contribution is 4.89. The van der Waals surface area contributed by atoms with Gasteiger partial charge in [-0.15, -0.1) is 0 Å². The van der Waals surface area contributed by atoms with Crippen LogP contribution in [-0.2, 0) is 0 Å². The first-order valence-corrected chi connectivity index (χ1v) is 6.42. The molecule has 3 unspecified atom stereocenters. The second-order valence-corrected chi connectivity index (χ2v) is 5.40. The Kier molecular flexibility index (Phi) is 3.64. The van der Waals surface area contributed by atoms with Crippen molar-refractivity contribution in [1.29, 1.82) is 5.26 Å². The zero-order valence-electron chi connectivity index (χ0n) is 9.71. The minimum atomic E-state index is 0.159. The third kappa shape index (κ3) is 3.21. The SMILES string of the molecule is CC(C#N)CNC1CCCC(C2CC2)C1. The summed E-state index contributed by atoms with van der Waals surface area (Å²) in [6, 6.07) is 2.98. The summed E-state index contributed by atoms with van der Waals surface area (Å²) in [5.41, 5.74) is 0. The number of nitrogens with zero attached hydrogens (tertiary/aromatic N) is 1. The predicted molar refractivity (Wildman–Crippen MR) is 61.2 cm³/mol. The average molecular weight is 206 g/mol. The van der Waals surface area contributed by atoms with Gasteiger partial charge in [-0.05, 0) is 44.4 Å². The van der Waals surface area contributed by atoms with Gasteiger partial charge in [0, 0.05) is 12.6 Å². The second kappa shape index (κ2) is 4.99. The maximum Gasteiger partial charge on any atom is 0.0666 e. The summed E-state index contributed by atoms with van der Waals surface area (Å²) < 4.78 is 0. The molecule has 2 aliphatic carbocycles. The first-order chi connectivity index (χ1) is 7.29. The molecule has 0 aliphatic heterocycles. The molecule has 0 aromatic heterocycles. The Balaban J connectivity index is 1.70. The number of hydrogen-bond donors (Lipinski definition) is 1. The van der Waals surface area contributed by atoms with Crippen molar-refractivity contribution in [3.63, 3.8) is 0 Å². The van der Waals surface area contributed by atoms with Crippen LogP contribution in [0.25, 0.3) is 0 Å². The normalized spacial score (nSPS) is 33.3. The number of hydrogen-bond acceptors (Lipinski definition) is 2. The van der Waals surface area contributed by atoms with Gasteiger partial charge in [0.25, 0.3) is 0 Å². The van der Waals surface area contributed by atoms with Crippen molar-refractivity contribution in [3.05, 3.63) is 0 Å². The van der Waals surface area contributed by atoms with Crippen LogP contribution >= 0.6 is 0 Å². The first-order valence-electron chi connectivity index (χ1n) is 6.42. The molecule has 2 saturated carbocycles. The molecular weight excluding hydrogens is 184 g/mol. The predicted octanol–water partition coefficient (Wildman–Crippen LogP) is 2.70. The van der Waals surface area contributed by atoms with Gasteiger partial charge in [-0.3, -0.25) is 0 Å². The Morgan fingerprint density at radius 3 is 2.73 bits per heavy atom. The molecule has 1 N–H and O–H groups in total. The number of nitriles is 1. The summed E-state index contributed by atoms with van der Waals surface area (Å²) >= 11 is 0. The molecule has 2 nitrogen and oxygen atoms in total. The molecule has 0 radical (unpaired) electrons. The zero-order chi connectivity index (χ0) is 10.7. The van der Waals surface area contributed by atoms with E-state index < -0.39 is 0 Å². The highest BCUT2D eigenvalue weighted by Crippen LogP contribution is 2.43. The summed E-state index contributed by atoms with van der Waals surface area (Å²) in [5.74, 6) is 2.21. The zero-order valence-corrected chi connectivity index (χ0v) is 9.71. The largest absolute Gasteiger partial charge is 0.313 e. The molecule has 84 valence electrons. The van der Waals surface area contributed by atoms with Crippen molar-refractivity contribution in [2.24, 2.45) is 17.8 Å². The van der Waals surface area contributed by atoms with Crippen LogP contribution in [-0.4, -0.2) is 12.6 Å². The van der Waals surface area contributed by atoms with E-state index in [1.165, 1.54) is 38.5 Å². The minimum Gasteiger partial charge on any atom is -0.313 e. The smallest absolute Gasteiger partial charge is 0.0666 e. The van der Waals surface area contributed by atoms with Gasteiger partial charge in [0.1, 0.15) is 0 Å². The van der Waals surface area contributed by atoms with Crippen LogP contribution in [0.5, 0.6) is 0 Å². The average Bonchev–Trinajstić information content (AvgIpc) is 3.10. The van der Waals surface area contributed by atoms with Crippen molar-refractivity contribution in [1.82, 2.24) is 5.32 Å². The lowest BCUT2D eigenvalue weighted by Gasteiger charge is -2.30. The highest BCUT2D eigenvalue weighted by Gasteiger charge is 2.34. The van der Waals surface area contributed by atoms with Crippen molar-refractivity contribution >= 4 is 0 Å². The topological polar surface area (TPSA) is 35.8 Å². The Labute approximate surface area is 93.0 Å². The highest BCUT2D eigenvalue weighted by atomic mass is 14.9. The molecule has 0 aromatic rings. The number of nitrogens with one attached hydrogen (secondary N) is 1. The van der Waals surface area contributed by atoms with Gasteiger partial charge < -0.3 is 5.32 Å². The van der Waals surface area contributed by atoms with Crippen LogP contribution in [0.1, 0.15) is 45.4 Å². The number of rotatable bonds is 4. The fraction of sp³-hybridized carbons (Fsp3) is 0.923. The first kappa shape index (κ1) is 11.0. The van der Waals surface area contributed by atoms with E-state index in [-0.39, 0.29) is 5.92 Å². The fourth-order valence-corrected chi connectivity index (χ4v) is 2.80. The van der Waals surface area contributed by atoms with Gasteiger partial charge in [0.05, 0.1) is 12.0 Å². The Hall–Kier alpha value is -0.550. The van der Waals surface area contributed by atoms with Crippen LogP contribution in [0, 0.1) is 29.1 Å². The third-order valence-corrected chi connectivity index (χ3v) is 3.94. The third-order valence-electron chi connectivity index (χ3n) is 3.94. The minimum absolute atomic E-state index is 0.159. The van der Waals surface area contributed by atoms with E-state index in [2.05, 4.69) is 11.4 Å². The van der Waals surface area contributed by atoms with Crippen molar-refractivity contribution < 1.29 is 0 Å². The maximum absolute atomic E-state index is 8.72. The lowest BCUT2D eigenvalue weighted by molar-refractivity contribution is 0.258. The van der Waals surface area contributed by atoms with E-state index in [1.807, 2.05) is 6.92 Å². The Morgan fingerprint density at radius 1 is 1.27 bits per heavy atom. The molecule has 2 heteroatoms. The standard InChI is InChI=1S/C13H22N2/c1-10(8-14)9-15-13-4-2-3-12(7-13)11-5-6-11/h10-13,15H,2-7,9H2,1H3. The fourth-order valence-electron chi connectivity index (χ4n) is 2.80. The maximum atomic E-state index is 8.72. The summed E-state index contributed by atoms with van der Waals surface area (Å²) in [7, 11) is 0. The van der Waals surface area contributed by atoms with E-state index in [0.717, 1.165) is 18.4 Å². The van der Waals surface area contributed by atoms with E-state index in [4.69, 9.17) is 5.26 Å². The monoisotopic (exact) mass is 206 g/mol. The van der Waals surface area contributed by atoms with Crippen molar-refractivity contribution in [2.45, 2.75) is 51.5 Å². The molecular formula is C13H22N2. The van der Waals surface area contributed by atoms with Gasteiger partial charge in [-0.25, -0.2) is 0 Å². The van der Waals surface area contributed by atoms with Crippen LogP contribution in [0.2, 0.25) is 0 Å². The Morgan fingerprint density at radius 2 is 2.07 bits per heavy atom. The lowest BCUT2D eigenvalue weighted by atomic mass is 9.82. The van der Waals surface area contributed by atoms with Crippen LogP contribution in [0.4, 0.5) is 0 Å². The molecule has 2 aliphatic rings. The summed E-state index contributed by atoms with van der Waals surface area (Å²) in [6.45, 7) is 2.87. The van der Waals surface area contributed by atoms with E-state index in [1.54, 1.807) is 0 Å². The molecule has 2 rings (SSSR count). The molecule has 0 aromatic carbocycles. The molecule has 0 saturated heterocycles. The molecule has 0 amide bonds. The van der Waals surface area contributed by atoms with Gasteiger partial charge in [-0.2, -0.15) is 5.26 Å². The summed E-state index contributed by atoms with van der Waals surface area (Å²) in [5, 5.41) is 12.3. The van der Waals surface area contributed by atoms with Gasteiger partial charge >= 0.3 is 0 Å². The Bertz CT molecular complexity index is 239. The molecule has 3 atom stereocenters.